The van der Waals surface area contributed by atoms with Gasteiger partial charge in [0.2, 0.25) is 5.91 Å². The molecule has 7 heteroatoms. The van der Waals surface area contributed by atoms with Gasteiger partial charge < -0.3 is 15.8 Å². The lowest BCUT2D eigenvalue weighted by Gasteiger charge is -2.28. The summed E-state index contributed by atoms with van der Waals surface area (Å²) in [6.07, 6.45) is 1.33. The maximum atomic E-state index is 13.0. The van der Waals surface area contributed by atoms with Gasteiger partial charge >= 0.3 is 0 Å². The Bertz CT molecular complexity index is 474. The van der Waals surface area contributed by atoms with Crippen LogP contribution in [0.25, 0.3) is 0 Å². The average Bonchev–Trinajstić information content (AvgIpc) is 2.49. The summed E-state index contributed by atoms with van der Waals surface area (Å²) in [6, 6.07) is 3.30. The molecule has 1 aromatic carbocycles. The van der Waals surface area contributed by atoms with Gasteiger partial charge in [0.05, 0.1) is 12.0 Å². The van der Waals surface area contributed by atoms with Crippen LogP contribution < -0.4 is 15.8 Å². The molecule has 3 N–H and O–H groups in total. The number of carbonyl (C=O) groups is 1. The molecule has 0 bridgehead atoms. The molecule has 4 nitrogen and oxygen atoms in total. The third kappa shape index (κ3) is 5.10. The van der Waals surface area contributed by atoms with Gasteiger partial charge in [0.25, 0.3) is 0 Å². The molecule has 22 heavy (non-hydrogen) atoms. The molecular weight excluding hydrogens is 314 g/mol. The standard InChI is InChI=1S/C15H22F2N2O2.ClH/c1-3-15(4-2,10-18)14(20)19-7-8-21-11-5-6-12(16)13(17)9-11;/h5-6,9H,3-4,7-8,10,18H2,1-2H3,(H,19,20);1H. The lowest BCUT2D eigenvalue weighted by atomic mass is 9.81. The number of carbonyl (C=O) groups excluding carboxylic acids is 1. The van der Waals surface area contributed by atoms with Crippen molar-refractivity contribution >= 4 is 18.3 Å². The summed E-state index contributed by atoms with van der Waals surface area (Å²) < 4.78 is 31.0. The minimum absolute atomic E-state index is 0. The highest BCUT2D eigenvalue weighted by molar-refractivity contribution is 5.85. The Morgan fingerprint density at radius 1 is 1.27 bits per heavy atom. The number of amides is 1. The third-order valence-electron chi connectivity index (χ3n) is 3.77. The zero-order valence-electron chi connectivity index (χ0n) is 12.8. The van der Waals surface area contributed by atoms with E-state index in [1.807, 2.05) is 13.8 Å². The molecule has 0 heterocycles. The maximum absolute atomic E-state index is 13.0. The van der Waals surface area contributed by atoms with Gasteiger partial charge in [0, 0.05) is 12.6 Å². The van der Waals surface area contributed by atoms with E-state index >= 15 is 0 Å². The lowest BCUT2D eigenvalue weighted by Crippen LogP contribution is -2.46. The summed E-state index contributed by atoms with van der Waals surface area (Å²) in [5, 5.41) is 2.76. The third-order valence-corrected chi connectivity index (χ3v) is 3.77. The molecular formula is C15H23ClF2N2O2. The quantitative estimate of drug-likeness (QED) is 0.717. The van der Waals surface area contributed by atoms with Crippen molar-refractivity contribution in [2.24, 2.45) is 11.1 Å². The number of ether oxygens (including phenoxy) is 1. The number of nitrogens with two attached hydrogens (primary N) is 1. The van der Waals surface area contributed by atoms with Gasteiger partial charge in [-0.25, -0.2) is 8.78 Å². The topological polar surface area (TPSA) is 64.4 Å². The SMILES string of the molecule is CCC(CC)(CN)C(=O)NCCOc1ccc(F)c(F)c1.Cl. The Kier molecular flexibility index (Phi) is 8.97. The van der Waals surface area contributed by atoms with Crippen molar-refractivity contribution in [1.82, 2.24) is 5.32 Å². The average molecular weight is 337 g/mol. The van der Waals surface area contributed by atoms with Crippen molar-refractivity contribution in [1.29, 1.82) is 0 Å². The van der Waals surface area contributed by atoms with E-state index in [2.05, 4.69) is 5.32 Å². The van der Waals surface area contributed by atoms with Crippen LogP contribution in [0.15, 0.2) is 18.2 Å². The number of hydrogen-bond donors (Lipinski definition) is 2. The highest BCUT2D eigenvalue weighted by atomic mass is 35.5. The molecule has 0 aromatic heterocycles. The van der Waals surface area contributed by atoms with E-state index in [1.54, 1.807) is 0 Å². The first-order valence-electron chi connectivity index (χ1n) is 7.05. The summed E-state index contributed by atoms with van der Waals surface area (Å²) in [5.41, 5.74) is 5.13. The minimum atomic E-state index is -0.962. The predicted octanol–water partition coefficient (Wildman–Crippen LogP) is 2.65. The molecule has 0 spiro atoms. The minimum Gasteiger partial charge on any atom is -0.492 e. The van der Waals surface area contributed by atoms with Crippen LogP contribution in [0, 0.1) is 17.0 Å². The second-order valence-corrected chi connectivity index (χ2v) is 4.87. The van der Waals surface area contributed by atoms with Gasteiger partial charge in [0.1, 0.15) is 12.4 Å². The molecule has 1 rings (SSSR count). The van der Waals surface area contributed by atoms with E-state index in [1.165, 1.54) is 6.07 Å². The van der Waals surface area contributed by atoms with Gasteiger partial charge in [-0.3, -0.25) is 4.79 Å². The van der Waals surface area contributed by atoms with Crippen molar-refractivity contribution < 1.29 is 18.3 Å². The first-order chi connectivity index (χ1) is 9.99. The highest BCUT2D eigenvalue weighted by Crippen LogP contribution is 2.24. The fraction of sp³-hybridized carbons (Fsp3) is 0.533. The molecule has 1 amide bonds. The predicted molar refractivity (Wildman–Crippen MR) is 84.2 cm³/mol. The van der Waals surface area contributed by atoms with E-state index in [0.29, 0.717) is 12.8 Å². The van der Waals surface area contributed by atoms with E-state index < -0.39 is 17.0 Å². The molecule has 1 aromatic rings. The zero-order valence-corrected chi connectivity index (χ0v) is 13.6. The lowest BCUT2D eigenvalue weighted by molar-refractivity contribution is -0.131. The van der Waals surface area contributed by atoms with Crippen LogP contribution in [0.2, 0.25) is 0 Å². The van der Waals surface area contributed by atoms with Crippen LogP contribution in [0.3, 0.4) is 0 Å². The molecule has 0 radical (unpaired) electrons. The first-order valence-corrected chi connectivity index (χ1v) is 7.05. The number of nitrogens with one attached hydrogen (secondary N) is 1. The Morgan fingerprint density at radius 2 is 1.91 bits per heavy atom. The Morgan fingerprint density at radius 3 is 2.41 bits per heavy atom. The molecule has 0 unspecified atom stereocenters. The summed E-state index contributed by atoms with van der Waals surface area (Å²) in [4.78, 5) is 12.1. The van der Waals surface area contributed by atoms with Crippen molar-refractivity contribution in [3.05, 3.63) is 29.8 Å². The van der Waals surface area contributed by atoms with E-state index in [0.717, 1.165) is 12.1 Å². The highest BCUT2D eigenvalue weighted by Gasteiger charge is 2.32. The van der Waals surface area contributed by atoms with Crippen molar-refractivity contribution in [3.8, 4) is 5.75 Å². The summed E-state index contributed by atoms with van der Waals surface area (Å²) in [7, 11) is 0. The van der Waals surface area contributed by atoms with Crippen LogP contribution >= 0.6 is 12.4 Å². The van der Waals surface area contributed by atoms with Gasteiger partial charge in [-0.15, -0.1) is 12.4 Å². The molecule has 0 fully saturated rings. The monoisotopic (exact) mass is 336 g/mol. The number of hydrogen-bond acceptors (Lipinski definition) is 3. The van der Waals surface area contributed by atoms with Crippen LogP contribution in [-0.4, -0.2) is 25.6 Å². The molecule has 0 aliphatic rings. The Labute approximate surface area is 135 Å². The van der Waals surface area contributed by atoms with Crippen LogP contribution in [0.5, 0.6) is 5.75 Å². The molecule has 0 aliphatic carbocycles. The molecule has 0 aliphatic heterocycles. The van der Waals surface area contributed by atoms with Gasteiger partial charge in [-0.2, -0.15) is 0 Å². The van der Waals surface area contributed by atoms with Gasteiger partial charge in [-0.05, 0) is 25.0 Å². The maximum Gasteiger partial charge on any atom is 0.227 e. The number of halogens is 3. The number of rotatable bonds is 8. The van der Waals surface area contributed by atoms with Crippen LogP contribution in [-0.2, 0) is 4.79 Å². The zero-order chi connectivity index (χ0) is 15.9. The van der Waals surface area contributed by atoms with E-state index in [9.17, 15) is 13.6 Å². The Hall–Kier alpha value is -1.40. The van der Waals surface area contributed by atoms with Crippen molar-refractivity contribution in [2.45, 2.75) is 26.7 Å². The van der Waals surface area contributed by atoms with Crippen molar-refractivity contribution in [2.75, 3.05) is 19.7 Å². The largest absolute Gasteiger partial charge is 0.492 e. The summed E-state index contributed by atoms with van der Waals surface area (Å²) >= 11 is 0. The molecule has 0 saturated carbocycles. The van der Waals surface area contributed by atoms with E-state index in [-0.39, 0.29) is 43.8 Å². The second-order valence-electron chi connectivity index (χ2n) is 4.87. The van der Waals surface area contributed by atoms with Crippen molar-refractivity contribution in [3.63, 3.8) is 0 Å². The second kappa shape index (κ2) is 9.58. The Balaban J connectivity index is 0.00000441. The fourth-order valence-electron chi connectivity index (χ4n) is 2.04. The van der Waals surface area contributed by atoms with Gasteiger partial charge in [0.15, 0.2) is 11.6 Å². The molecule has 0 saturated heterocycles. The molecule has 126 valence electrons. The van der Waals surface area contributed by atoms with E-state index in [4.69, 9.17) is 10.5 Å². The normalized spacial score (nSPS) is 10.8. The van der Waals surface area contributed by atoms with Crippen LogP contribution in [0.4, 0.5) is 8.78 Å². The first kappa shape index (κ1) is 20.6. The smallest absolute Gasteiger partial charge is 0.227 e. The van der Waals surface area contributed by atoms with Crippen LogP contribution in [0.1, 0.15) is 26.7 Å². The fourth-order valence-corrected chi connectivity index (χ4v) is 2.04. The molecule has 0 atom stereocenters. The van der Waals surface area contributed by atoms with Gasteiger partial charge in [-0.1, -0.05) is 13.8 Å². The number of benzene rings is 1. The summed E-state index contributed by atoms with van der Waals surface area (Å²) in [6.45, 7) is 4.59. The summed E-state index contributed by atoms with van der Waals surface area (Å²) in [5.74, 6) is -1.77.